The van der Waals surface area contributed by atoms with Gasteiger partial charge >= 0.3 is 0 Å². The Bertz CT molecular complexity index is 1410. The number of hydrogen-bond acceptors (Lipinski definition) is 6. The van der Waals surface area contributed by atoms with E-state index in [9.17, 15) is 9.18 Å². The minimum Gasteiger partial charge on any atom is -0.494 e. The second kappa shape index (κ2) is 14.6. The average Bonchev–Trinajstić information content (AvgIpc) is 3.40. The van der Waals surface area contributed by atoms with Crippen LogP contribution in [0.2, 0.25) is 0 Å². The first-order chi connectivity index (χ1) is 20.1. The van der Waals surface area contributed by atoms with Gasteiger partial charge in [0.2, 0.25) is 5.90 Å². The summed E-state index contributed by atoms with van der Waals surface area (Å²) in [4.78, 5) is 21.6. The third-order valence-electron chi connectivity index (χ3n) is 6.59. The Morgan fingerprint density at radius 1 is 1.15 bits per heavy atom. The van der Waals surface area contributed by atoms with Gasteiger partial charge in [-0.3, -0.25) is 4.79 Å². The molecule has 0 spiro atoms. The number of amides is 1. The zero-order valence-corrected chi connectivity index (χ0v) is 22.5. The summed E-state index contributed by atoms with van der Waals surface area (Å²) in [5.74, 6) is 0.393. The van der Waals surface area contributed by atoms with Gasteiger partial charge in [-0.15, -0.1) is 0 Å². The number of carbonyl (C=O) groups is 1. The molecular formula is C31H32FN5O4. The number of aliphatic imine (C=N–C) groups is 1. The summed E-state index contributed by atoms with van der Waals surface area (Å²) in [7, 11) is 0. The first-order valence-electron chi connectivity index (χ1n) is 13.4. The fourth-order valence-corrected chi connectivity index (χ4v) is 4.59. The van der Waals surface area contributed by atoms with Crippen molar-refractivity contribution in [3.63, 3.8) is 0 Å². The number of carbonyl (C=O) groups excluding carboxylic acids is 1. The summed E-state index contributed by atoms with van der Waals surface area (Å²) >= 11 is 0. The maximum atomic E-state index is 13.8. The van der Waals surface area contributed by atoms with Gasteiger partial charge < -0.3 is 19.9 Å². The number of halogens is 1. The second-order valence-corrected chi connectivity index (χ2v) is 9.34. The van der Waals surface area contributed by atoms with Gasteiger partial charge in [0.25, 0.3) is 5.91 Å². The average molecular weight is 558 g/mol. The highest BCUT2D eigenvalue weighted by Crippen LogP contribution is 2.44. The number of hydrogen-bond donors (Lipinski definition) is 2. The lowest BCUT2D eigenvalue weighted by molar-refractivity contribution is -0.128. The molecule has 0 unspecified atom stereocenters. The minimum atomic E-state index is -1.47. The number of nitrogens with zero attached hydrogens (tertiary/aromatic N) is 4. The first-order valence-corrected chi connectivity index (χ1v) is 13.4. The molecule has 3 aromatic carbocycles. The van der Waals surface area contributed by atoms with Gasteiger partial charge in [0, 0.05) is 36.5 Å². The van der Waals surface area contributed by atoms with Crippen LogP contribution < -0.4 is 10.1 Å². The number of nitrogens with one attached hydrogen (secondary N) is 1. The van der Waals surface area contributed by atoms with Crippen molar-refractivity contribution < 1.29 is 23.8 Å². The lowest BCUT2D eigenvalue weighted by Gasteiger charge is -2.30. The van der Waals surface area contributed by atoms with Crippen LogP contribution in [0.5, 0.6) is 5.75 Å². The van der Waals surface area contributed by atoms with Crippen molar-refractivity contribution in [1.29, 1.82) is 0 Å². The van der Waals surface area contributed by atoms with E-state index < -0.39 is 24.2 Å². The molecule has 3 aromatic rings. The second-order valence-electron chi connectivity index (χ2n) is 9.34. The number of aliphatic hydroxyl groups is 1. The van der Waals surface area contributed by atoms with Crippen LogP contribution >= 0.6 is 0 Å². The molecule has 0 saturated heterocycles. The highest BCUT2D eigenvalue weighted by atomic mass is 19.1. The third kappa shape index (κ3) is 7.30. The maximum Gasteiger partial charge on any atom is 0.252 e. The zero-order valence-electron chi connectivity index (χ0n) is 22.5. The standard InChI is InChI=1S/C31H32FN5O4/c32-18-19-34-30(39)31(17-6-10-23-8-2-1-3-9-23)28(27-12-5-4-11-25(27)22-35-37-33)41-29(36-31)24-13-15-26(16-14-24)40-21-7-20-38/h1-6,8-16,28,38H,7,17-22H2,(H,34,39)/b10-6+/t28-,31-/m1/s1. The highest BCUT2D eigenvalue weighted by Gasteiger charge is 2.53. The normalized spacial score (nSPS) is 17.9. The van der Waals surface area contributed by atoms with Crippen molar-refractivity contribution in [2.24, 2.45) is 10.1 Å². The summed E-state index contributed by atoms with van der Waals surface area (Å²) in [6, 6.07) is 24.0. The van der Waals surface area contributed by atoms with Crippen LogP contribution in [-0.4, -0.2) is 48.9 Å². The van der Waals surface area contributed by atoms with E-state index in [1.54, 1.807) is 24.3 Å². The molecule has 41 heavy (non-hydrogen) atoms. The fraction of sp³-hybridized carbons (Fsp3) is 0.290. The van der Waals surface area contributed by atoms with E-state index in [2.05, 4.69) is 15.3 Å². The molecule has 10 heteroatoms. The van der Waals surface area contributed by atoms with Crippen molar-refractivity contribution in [2.45, 2.75) is 31.0 Å². The summed E-state index contributed by atoms with van der Waals surface area (Å²) in [5.41, 5.74) is 10.4. The van der Waals surface area contributed by atoms with E-state index in [4.69, 9.17) is 25.1 Å². The van der Waals surface area contributed by atoms with Gasteiger partial charge in [0.15, 0.2) is 11.6 Å². The number of benzene rings is 3. The Morgan fingerprint density at radius 2 is 1.90 bits per heavy atom. The minimum absolute atomic E-state index is 0.0382. The molecule has 0 aliphatic carbocycles. The summed E-state index contributed by atoms with van der Waals surface area (Å²) in [6.07, 6.45) is 3.55. The smallest absolute Gasteiger partial charge is 0.252 e. The van der Waals surface area contributed by atoms with Gasteiger partial charge in [-0.05, 0) is 46.5 Å². The SMILES string of the molecule is [N-]=[N+]=NCc1ccccc1[C@H]1OC(c2ccc(OCCCO)cc2)=N[C@@]1(C/C=C/c1ccccc1)C(=O)NCCF. The highest BCUT2D eigenvalue weighted by molar-refractivity contribution is 6.01. The Hall–Kier alpha value is -4.66. The predicted molar refractivity (Wildman–Crippen MR) is 155 cm³/mol. The van der Waals surface area contributed by atoms with Gasteiger partial charge in [-0.1, -0.05) is 71.9 Å². The van der Waals surface area contributed by atoms with Crippen molar-refractivity contribution in [2.75, 3.05) is 26.4 Å². The van der Waals surface area contributed by atoms with Crippen LogP contribution in [0.3, 0.4) is 0 Å². The molecule has 1 amide bonds. The number of alkyl halides is 1. The van der Waals surface area contributed by atoms with Crippen LogP contribution in [0.4, 0.5) is 4.39 Å². The fourth-order valence-electron chi connectivity index (χ4n) is 4.59. The monoisotopic (exact) mass is 557 g/mol. The Kier molecular flexibility index (Phi) is 10.5. The molecule has 1 aliphatic heterocycles. The molecule has 0 saturated carbocycles. The third-order valence-corrected chi connectivity index (χ3v) is 6.59. The van der Waals surface area contributed by atoms with E-state index in [0.717, 1.165) is 5.56 Å². The molecule has 212 valence electrons. The van der Waals surface area contributed by atoms with E-state index in [1.807, 2.05) is 66.7 Å². The Morgan fingerprint density at radius 3 is 2.63 bits per heavy atom. The van der Waals surface area contributed by atoms with E-state index in [1.165, 1.54) is 0 Å². The molecule has 0 fully saturated rings. The van der Waals surface area contributed by atoms with Gasteiger partial charge in [0.05, 0.1) is 13.2 Å². The zero-order chi connectivity index (χ0) is 28.9. The topological polar surface area (TPSA) is 129 Å². The molecule has 1 heterocycles. The Labute approximate surface area is 238 Å². The molecule has 0 bridgehead atoms. The first kappa shape index (κ1) is 29.3. The molecule has 0 radical (unpaired) electrons. The molecule has 9 nitrogen and oxygen atoms in total. The van der Waals surface area contributed by atoms with Crippen LogP contribution in [-0.2, 0) is 16.1 Å². The maximum absolute atomic E-state index is 13.8. The quantitative estimate of drug-likeness (QED) is 0.114. The van der Waals surface area contributed by atoms with Crippen LogP contribution in [0.15, 0.2) is 95.0 Å². The molecule has 4 rings (SSSR count). The molecule has 1 aliphatic rings. The van der Waals surface area contributed by atoms with Gasteiger partial charge in [-0.2, -0.15) is 0 Å². The van der Waals surface area contributed by atoms with Crippen LogP contribution in [0.25, 0.3) is 16.5 Å². The number of azide groups is 1. The summed E-state index contributed by atoms with van der Waals surface area (Å²) in [5, 5.41) is 15.4. The molecule has 2 N–H and O–H groups in total. The molecule has 2 atom stereocenters. The number of rotatable bonds is 14. The summed E-state index contributed by atoms with van der Waals surface area (Å²) < 4.78 is 25.3. The van der Waals surface area contributed by atoms with Crippen LogP contribution in [0.1, 0.15) is 41.2 Å². The largest absolute Gasteiger partial charge is 0.494 e. The van der Waals surface area contributed by atoms with Crippen molar-refractivity contribution in [3.05, 3.63) is 118 Å². The predicted octanol–water partition coefficient (Wildman–Crippen LogP) is 5.70. The summed E-state index contributed by atoms with van der Waals surface area (Å²) in [6.45, 7) is -0.418. The van der Waals surface area contributed by atoms with Gasteiger partial charge in [0.1, 0.15) is 12.4 Å². The van der Waals surface area contributed by atoms with Crippen molar-refractivity contribution in [3.8, 4) is 5.75 Å². The van der Waals surface area contributed by atoms with E-state index in [-0.39, 0.29) is 32.0 Å². The molecule has 0 aromatic heterocycles. The van der Waals surface area contributed by atoms with Gasteiger partial charge in [-0.25, -0.2) is 9.38 Å². The lowest BCUT2D eigenvalue weighted by Crippen LogP contribution is -2.48. The van der Waals surface area contributed by atoms with E-state index >= 15 is 0 Å². The lowest BCUT2D eigenvalue weighted by atomic mass is 9.82. The van der Waals surface area contributed by atoms with Crippen LogP contribution in [0, 0.1) is 0 Å². The van der Waals surface area contributed by atoms with E-state index in [0.29, 0.717) is 35.5 Å². The number of aliphatic hydroxyl groups excluding tert-OH is 1. The van der Waals surface area contributed by atoms with Crippen molar-refractivity contribution in [1.82, 2.24) is 5.32 Å². The molecular weight excluding hydrogens is 525 g/mol. The number of ether oxygens (including phenoxy) is 2. The van der Waals surface area contributed by atoms with Crippen molar-refractivity contribution >= 4 is 17.9 Å². The Balaban J connectivity index is 1.78.